The molecule has 0 radical (unpaired) electrons. The Morgan fingerprint density at radius 1 is 1.30 bits per heavy atom. The second-order valence-corrected chi connectivity index (χ2v) is 6.69. The molecule has 0 aliphatic rings. The molecule has 3 aromatic rings. The predicted molar refractivity (Wildman–Crippen MR) is 103 cm³/mol. The van der Waals surface area contributed by atoms with E-state index in [0.29, 0.717) is 22.0 Å². The predicted octanol–water partition coefficient (Wildman–Crippen LogP) is 4.64. The molecule has 0 unspecified atom stereocenters. The molecule has 1 N–H and O–H groups in total. The highest BCUT2D eigenvalue weighted by atomic mass is 35.5. The first-order valence-corrected chi connectivity index (χ1v) is 9.11. The minimum Gasteiger partial charge on any atom is -0.342 e. The smallest absolute Gasteiger partial charge is 0.251 e. The third-order valence-electron chi connectivity index (χ3n) is 4.21. The van der Waals surface area contributed by atoms with Crippen molar-refractivity contribution in [1.82, 2.24) is 20.1 Å². The van der Waals surface area contributed by atoms with Crippen LogP contribution >= 0.6 is 11.6 Å². The van der Waals surface area contributed by atoms with Crippen LogP contribution in [-0.4, -0.2) is 20.7 Å². The third kappa shape index (κ3) is 4.34. The molecular formula is C20H20ClFN4O. The van der Waals surface area contributed by atoms with Gasteiger partial charge in [-0.1, -0.05) is 30.7 Å². The van der Waals surface area contributed by atoms with Gasteiger partial charge in [-0.05, 0) is 49.2 Å². The Morgan fingerprint density at radius 2 is 2.11 bits per heavy atom. The number of carbonyl (C=O) groups excluding carboxylic acids is 1. The van der Waals surface area contributed by atoms with E-state index in [2.05, 4.69) is 22.4 Å². The van der Waals surface area contributed by atoms with Crippen LogP contribution in [0.25, 0.3) is 11.1 Å². The highest BCUT2D eigenvalue weighted by molar-refractivity contribution is 6.33. The lowest BCUT2D eigenvalue weighted by Crippen LogP contribution is -2.28. The SMILES string of the molecule is CCCn1cnnc1[C@H](C)NC(=O)c1cccc(-c2ccc(F)cc2Cl)c1. The maximum Gasteiger partial charge on any atom is 0.251 e. The van der Waals surface area contributed by atoms with Gasteiger partial charge in [0.05, 0.1) is 11.1 Å². The lowest BCUT2D eigenvalue weighted by Gasteiger charge is -2.15. The van der Waals surface area contributed by atoms with Crippen LogP contribution in [-0.2, 0) is 6.54 Å². The molecule has 1 amide bonds. The first-order chi connectivity index (χ1) is 13.0. The van der Waals surface area contributed by atoms with Crippen molar-refractivity contribution in [2.45, 2.75) is 32.9 Å². The van der Waals surface area contributed by atoms with Crippen LogP contribution in [0.1, 0.15) is 42.5 Å². The summed E-state index contributed by atoms with van der Waals surface area (Å²) >= 11 is 6.14. The molecule has 0 saturated heterocycles. The van der Waals surface area contributed by atoms with E-state index < -0.39 is 5.82 Å². The molecule has 7 heteroatoms. The number of nitrogens with one attached hydrogen (secondary N) is 1. The first kappa shape index (κ1) is 19.0. The van der Waals surface area contributed by atoms with Crippen LogP contribution in [0.15, 0.2) is 48.8 Å². The summed E-state index contributed by atoms with van der Waals surface area (Å²) in [5.74, 6) is 0.0826. The van der Waals surface area contributed by atoms with Crippen LogP contribution in [0.5, 0.6) is 0 Å². The van der Waals surface area contributed by atoms with Crippen molar-refractivity contribution >= 4 is 17.5 Å². The summed E-state index contributed by atoms with van der Waals surface area (Å²) in [6.45, 7) is 4.73. The second-order valence-electron chi connectivity index (χ2n) is 6.28. The molecule has 0 saturated carbocycles. The lowest BCUT2D eigenvalue weighted by molar-refractivity contribution is 0.0937. The van der Waals surface area contributed by atoms with E-state index in [-0.39, 0.29) is 11.9 Å². The fraction of sp³-hybridized carbons (Fsp3) is 0.250. The number of benzene rings is 2. The molecule has 3 rings (SSSR count). The van der Waals surface area contributed by atoms with E-state index >= 15 is 0 Å². The van der Waals surface area contributed by atoms with Crippen molar-refractivity contribution < 1.29 is 9.18 Å². The number of carbonyl (C=O) groups is 1. The van der Waals surface area contributed by atoms with Gasteiger partial charge in [0, 0.05) is 17.7 Å². The second kappa shape index (κ2) is 8.31. The van der Waals surface area contributed by atoms with E-state index in [9.17, 15) is 9.18 Å². The van der Waals surface area contributed by atoms with Gasteiger partial charge < -0.3 is 9.88 Å². The summed E-state index contributed by atoms with van der Waals surface area (Å²) < 4.78 is 15.2. The normalized spacial score (nSPS) is 12.0. The topological polar surface area (TPSA) is 59.8 Å². The monoisotopic (exact) mass is 386 g/mol. The number of hydrogen-bond acceptors (Lipinski definition) is 3. The van der Waals surface area contributed by atoms with E-state index in [1.54, 1.807) is 30.6 Å². The molecule has 2 aromatic carbocycles. The van der Waals surface area contributed by atoms with E-state index in [4.69, 9.17) is 11.6 Å². The van der Waals surface area contributed by atoms with Crippen molar-refractivity contribution in [3.05, 3.63) is 71.0 Å². The first-order valence-electron chi connectivity index (χ1n) is 8.73. The fourth-order valence-corrected chi connectivity index (χ4v) is 3.18. The highest BCUT2D eigenvalue weighted by Gasteiger charge is 2.17. The minimum absolute atomic E-state index is 0.228. The molecule has 140 valence electrons. The van der Waals surface area contributed by atoms with Crippen LogP contribution < -0.4 is 5.32 Å². The molecule has 1 aromatic heterocycles. The van der Waals surface area contributed by atoms with Gasteiger partial charge in [-0.2, -0.15) is 0 Å². The fourth-order valence-electron chi connectivity index (χ4n) is 2.91. The quantitative estimate of drug-likeness (QED) is 0.671. The van der Waals surface area contributed by atoms with Crippen LogP contribution in [0.2, 0.25) is 5.02 Å². The zero-order chi connectivity index (χ0) is 19.4. The van der Waals surface area contributed by atoms with Crippen molar-refractivity contribution in [1.29, 1.82) is 0 Å². The standard InChI is InChI=1S/C20H20ClFN4O/c1-3-9-26-12-23-25-19(26)13(2)24-20(27)15-6-4-5-14(10-15)17-8-7-16(22)11-18(17)21/h4-8,10-13H,3,9H2,1-2H3,(H,24,27)/t13-/m0/s1. The zero-order valence-electron chi connectivity index (χ0n) is 15.1. The summed E-state index contributed by atoms with van der Waals surface area (Å²) in [5.41, 5.74) is 1.90. The van der Waals surface area contributed by atoms with Gasteiger partial charge in [0.25, 0.3) is 5.91 Å². The molecule has 1 heterocycles. The molecule has 5 nitrogen and oxygen atoms in total. The van der Waals surface area contributed by atoms with Crippen molar-refractivity contribution in [2.24, 2.45) is 0 Å². The van der Waals surface area contributed by atoms with Crippen molar-refractivity contribution in [3.63, 3.8) is 0 Å². The molecule has 27 heavy (non-hydrogen) atoms. The number of hydrogen-bond donors (Lipinski definition) is 1. The average Bonchev–Trinajstić information content (AvgIpc) is 3.10. The third-order valence-corrected chi connectivity index (χ3v) is 4.52. The van der Waals surface area contributed by atoms with Crippen LogP contribution in [0.3, 0.4) is 0 Å². The molecule has 1 atom stereocenters. The van der Waals surface area contributed by atoms with Gasteiger partial charge >= 0.3 is 0 Å². The van der Waals surface area contributed by atoms with E-state index in [1.807, 2.05) is 17.6 Å². The Balaban J connectivity index is 1.80. The molecular weight excluding hydrogens is 367 g/mol. The number of aromatic nitrogens is 3. The maximum atomic E-state index is 13.3. The summed E-state index contributed by atoms with van der Waals surface area (Å²) in [6, 6.07) is 11.0. The van der Waals surface area contributed by atoms with Gasteiger partial charge in [-0.25, -0.2) is 4.39 Å². The number of halogens is 2. The summed E-state index contributed by atoms with van der Waals surface area (Å²) in [7, 11) is 0. The summed E-state index contributed by atoms with van der Waals surface area (Å²) in [6.07, 6.45) is 2.62. The largest absolute Gasteiger partial charge is 0.342 e. The minimum atomic E-state index is -0.400. The van der Waals surface area contributed by atoms with Gasteiger partial charge in [0.2, 0.25) is 0 Å². The maximum absolute atomic E-state index is 13.3. The van der Waals surface area contributed by atoms with E-state index in [1.165, 1.54) is 12.1 Å². The molecule has 0 spiro atoms. The Labute approximate surface area is 162 Å². The van der Waals surface area contributed by atoms with Crippen LogP contribution in [0.4, 0.5) is 4.39 Å². The molecule has 0 aliphatic carbocycles. The van der Waals surface area contributed by atoms with Gasteiger partial charge in [0.15, 0.2) is 5.82 Å². The van der Waals surface area contributed by atoms with Gasteiger partial charge in [-0.15, -0.1) is 10.2 Å². The highest BCUT2D eigenvalue weighted by Crippen LogP contribution is 2.29. The Kier molecular flexibility index (Phi) is 5.86. The summed E-state index contributed by atoms with van der Waals surface area (Å²) in [5, 5.41) is 11.3. The van der Waals surface area contributed by atoms with Crippen molar-refractivity contribution in [2.75, 3.05) is 0 Å². The Morgan fingerprint density at radius 3 is 2.85 bits per heavy atom. The number of nitrogens with zero attached hydrogens (tertiary/aromatic N) is 3. The molecule has 0 bridgehead atoms. The molecule has 0 aliphatic heterocycles. The van der Waals surface area contributed by atoms with Crippen molar-refractivity contribution in [3.8, 4) is 11.1 Å². The lowest BCUT2D eigenvalue weighted by atomic mass is 10.0. The van der Waals surface area contributed by atoms with Crippen LogP contribution in [0, 0.1) is 5.82 Å². The Hall–Kier alpha value is -2.73. The van der Waals surface area contributed by atoms with E-state index in [0.717, 1.165) is 18.5 Å². The number of aryl methyl sites for hydroxylation is 1. The number of amides is 1. The van der Waals surface area contributed by atoms with Gasteiger partial charge in [-0.3, -0.25) is 4.79 Å². The number of rotatable bonds is 6. The molecule has 0 fully saturated rings. The van der Waals surface area contributed by atoms with Gasteiger partial charge in [0.1, 0.15) is 12.1 Å². The summed E-state index contributed by atoms with van der Waals surface area (Å²) in [4.78, 5) is 12.7. The average molecular weight is 387 g/mol. The zero-order valence-corrected chi connectivity index (χ0v) is 15.9. The Bertz CT molecular complexity index is 957.